The summed E-state index contributed by atoms with van der Waals surface area (Å²) in [6.07, 6.45) is -5.01. The number of hydrogen-bond donors (Lipinski definition) is 1. The second-order valence-corrected chi connectivity index (χ2v) is 10.2. The maximum atomic E-state index is 12.8. The van der Waals surface area contributed by atoms with Gasteiger partial charge in [-0.05, 0) is 31.2 Å². The van der Waals surface area contributed by atoms with Crippen LogP contribution in [0, 0.1) is 6.92 Å². The maximum Gasteiger partial charge on any atom is 0.416 e. The van der Waals surface area contributed by atoms with Crippen LogP contribution in [0.3, 0.4) is 0 Å². The highest BCUT2D eigenvalue weighted by molar-refractivity contribution is 7.18. The van der Waals surface area contributed by atoms with E-state index in [-0.39, 0.29) is 12.4 Å². The number of rotatable bonds is 8. The monoisotopic (exact) mass is 533 g/mol. The number of piperazine rings is 1. The van der Waals surface area contributed by atoms with Crippen molar-refractivity contribution >= 4 is 21.6 Å². The van der Waals surface area contributed by atoms with Gasteiger partial charge in [0.15, 0.2) is 0 Å². The lowest BCUT2D eigenvalue weighted by atomic mass is 10.1. The Hall–Kier alpha value is -3.06. The summed E-state index contributed by atoms with van der Waals surface area (Å²) in [4.78, 5) is 13.1. The molecule has 3 heterocycles. The van der Waals surface area contributed by atoms with Crippen molar-refractivity contribution in [1.82, 2.24) is 24.9 Å². The highest BCUT2D eigenvalue weighted by Crippen LogP contribution is 2.30. The van der Waals surface area contributed by atoms with Crippen LogP contribution in [0.25, 0.3) is 21.6 Å². The smallest absolute Gasteiger partial charge is 0.416 e. The summed E-state index contributed by atoms with van der Waals surface area (Å²) in [6, 6.07) is 10.5. The summed E-state index contributed by atoms with van der Waals surface area (Å²) in [5.41, 5.74) is 0.644. The third-order valence-electron chi connectivity index (χ3n) is 6.14. The zero-order valence-corrected chi connectivity index (χ0v) is 20.9. The second-order valence-electron chi connectivity index (χ2n) is 8.99. The number of aryl methyl sites for hydroxylation is 1. The molecule has 0 radical (unpaired) electrons. The van der Waals surface area contributed by atoms with Crippen LogP contribution < -0.4 is 4.74 Å². The van der Waals surface area contributed by atoms with Gasteiger partial charge in [-0.15, -0.1) is 11.3 Å². The number of alkyl halides is 3. The second kappa shape index (κ2) is 10.7. The zero-order valence-electron chi connectivity index (χ0n) is 20.1. The van der Waals surface area contributed by atoms with Crippen LogP contribution in [0.15, 0.2) is 47.0 Å². The average molecular weight is 534 g/mol. The van der Waals surface area contributed by atoms with Gasteiger partial charge in [0.2, 0.25) is 11.7 Å². The number of benzene rings is 2. The normalized spacial score (nSPS) is 16.4. The Kier molecular flexibility index (Phi) is 7.43. The molecule has 196 valence electrons. The Morgan fingerprint density at radius 2 is 1.78 bits per heavy atom. The van der Waals surface area contributed by atoms with Gasteiger partial charge in [0.25, 0.3) is 0 Å². The molecule has 5 rings (SSSR count). The molecule has 0 unspecified atom stereocenters. The predicted octanol–water partition coefficient (Wildman–Crippen LogP) is 4.23. The molecule has 2 aromatic carbocycles. The summed E-state index contributed by atoms with van der Waals surface area (Å²) in [5.74, 6) is 1.36. The van der Waals surface area contributed by atoms with E-state index in [2.05, 4.69) is 24.9 Å². The number of thiazole rings is 1. The first kappa shape index (κ1) is 25.6. The Morgan fingerprint density at radius 3 is 2.51 bits per heavy atom. The Balaban J connectivity index is 1.06. The molecule has 0 saturated carbocycles. The molecule has 1 aliphatic heterocycles. The zero-order chi connectivity index (χ0) is 26.0. The number of aliphatic hydroxyl groups is 1. The van der Waals surface area contributed by atoms with Crippen LogP contribution in [-0.4, -0.2) is 75.5 Å². The van der Waals surface area contributed by atoms with Crippen molar-refractivity contribution in [1.29, 1.82) is 0 Å². The van der Waals surface area contributed by atoms with E-state index in [1.807, 2.05) is 25.1 Å². The van der Waals surface area contributed by atoms with Crippen LogP contribution in [0.5, 0.6) is 5.75 Å². The number of fused-ring (bicyclic) bond motifs is 1. The maximum absolute atomic E-state index is 12.8. The largest absolute Gasteiger partial charge is 0.491 e. The number of nitrogens with zero attached hydrogens (tertiary/aromatic N) is 5. The van der Waals surface area contributed by atoms with Crippen molar-refractivity contribution in [2.75, 3.05) is 39.3 Å². The van der Waals surface area contributed by atoms with Crippen molar-refractivity contribution in [2.45, 2.75) is 25.7 Å². The van der Waals surface area contributed by atoms with Gasteiger partial charge in [0.1, 0.15) is 18.5 Å². The summed E-state index contributed by atoms with van der Waals surface area (Å²) in [7, 11) is 0. The van der Waals surface area contributed by atoms with Crippen molar-refractivity contribution < 1.29 is 27.5 Å². The van der Waals surface area contributed by atoms with Gasteiger partial charge in [-0.2, -0.15) is 18.2 Å². The standard InChI is InChI=1S/C25H26F3N5O3S/c1-16-29-21-12-20(6-7-22(21)37-16)35-15-19(34)13-32-8-10-33(11-9-32)14-23-30-24(31-36-23)17-2-4-18(5-3-17)25(26,27)28/h2-7,12,19,34H,8-11,13-15H2,1H3/t19-/m0/s1. The molecule has 0 spiro atoms. The van der Waals surface area contributed by atoms with Crippen LogP contribution >= 0.6 is 11.3 Å². The highest BCUT2D eigenvalue weighted by atomic mass is 32.1. The minimum atomic E-state index is -4.39. The van der Waals surface area contributed by atoms with Crippen LogP contribution in [-0.2, 0) is 12.7 Å². The van der Waals surface area contributed by atoms with E-state index in [0.717, 1.165) is 53.5 Å². The molecule has 1 saturated heterocycles. The van der Waals surface area contributed by atoms with E-state index in [0.29, 0.717) is 30.3 Å². The minimum Gasteiger partial charge on any atom is -0.491 e. The Bertz CT molecular complexity index is 1330. The Labute approximate surface area is 215 Å². The SMILES string of the molecule is Cc1nc2cc(OC[C@@H](O)CN3CCN(Cc4nc(-c5ccc(C(F)(F)F)cc5)no4)CC3)ccc2s1. The topological polar surface area (TPSA) is 87.8 Å². The molecular formula is C25H26F3N5O3S. The van der Waals surface area contributed by atoms with Gasteiger partial charge < -0.3 is 14.4 Å². The van der Waals surface area contributed by atoms with Gasteiger partial charge >= 0.3 is 6.18 Å². The van der Waals surface area contributed by atoms with E-state index in [9.17, 15) is 18.3 Å². The van der Waals surface area contributed by atoms with Gasteiger partial charge in [0.05, 0.1) is 27.3 Å². The number of ether oxygens (including phenoxy) is 1. The predicted molar refractivity (Wildman–Crippen MR) is 132 cm³/mol. The van der Waals surface area contributed by atoms with E-state index in [1.165, 1.54) is 12.1 Å². The molecule has 8 nitrogen and oxygen atoms in total. The number of hydrogen-bond acceptors (Lipinski definition) is 9. The summed E-state index contributed by atoms with van der Waals surface area (Å²) in [5, 5.41) is 15.4. The first-order valence-electron chi connectivity index (χ1n) is 11.9. The van der Waals surface area contributed by atoms with Crippen LogP contribution in [0.4, 0.5) is 13.2 Å². The molecule has 1 atom stereocenters. The molecule has 1 aliphatic rings. The van der Waals surface area contributed by atoms with Crippen molar-refractivity contribution in [3.8, 4) is 17.1 Å². The van der Waals surface area contributed by atoms with Gasteiger partial charge in [-0.3, -0.25) is 9.80 Å². The quantitative estimate of drug-likeness (QED) is 0.360. The first-order chi connectivity index (χ1) is 17.7. The van der Waals surface area contributed by atoms with E-state index >= 15 is 0 Å². The third-order valence-corrected chi connectivity index (χ3v) is 7.09. The molecule has 2 aromatic heterocycles. The summed E-state index contributed by atoms with van der Waals surface area (Å²) < 4.78 is 50.5. The first-order valence-corrected chi connectivity index (χ1v) is 12.7. The molecule has 1 fully saturated rings. The van der Waals surface area contributed by atoms with Gasteiger partial charge in [0, 0.05) is 44.4 Å². The average Bonchev–Trinajstić information content (AvgIpc) is 3.49. The van der Waals surface area contributed by atoms with Crippen LogP contribution in [0.2, 0.25) is 0 Å². The number of β-amino-alcohol motifs (C(OH)–C–C–N with tert-alkyl or cyclic N) is 1. The molecule has 0 aliphatic carbocycles. The van der Waals surface area contributed by atoms with Crippen molar-refractivity contribution in [2.24, 2.45) is 0 Å². The lowest BCUT2D eigenvalue weighted by Gasteiger charge is -2.34. The van der Waals surface area contributed by atoms with Crippen molar-refractivity contribution in [3.05, 3.63) is 58.9 Å². The number of halogens is 3. The lowest BCUT2D eigenvalue weighted by Crippen LogP contribution is -2.48. The number of aliphatic hydroxyl groups excluding tert-OH is 1. The van der Waals surface area contributed by atoms with Crippen molar-refractivity contribution in [3.63, 3.8) is 0 Å². The molecule has 0 amide bonds. The van der Waals surface area contributed by atoms with E-state index in [4.69, 9.17) is 9.26 Å². The fraction of sp³-hybridized carbons (Fsp3) is 0.400. The molecule has 1 N–H and O–H groups in total. The fourth-order valence-electron chi connectivity index (χ4n) is 4.22. The minimum absolute atomic E-state index is 0.198. The molecule has 0 bridgehead atoms. The van der Waals surface area contributed by atoms with Gasteiger partial charge in [-0.25, -0.2) is 4.98 Å². The molecular weight excluding hydrogens is 507 g/mol. The third kappa shape index (κ3) is 6.45. The highest BCUT2D eigenvalue weighted by Gasteiger charge is 2.30. The Morgan fingerprint density at radius 1 is 1.05 bits per heavy atom. The van der Waals surface area contributed by atoms with E-state index in [1.54, 1.807) is 11.3 Å². The molecule has 37 heavy (non-hydrogen) atoms. The molecule has 12 heteroatoms. The summed E-state index contributed by atoms with van der Waals surface area (Å²) in [6.45, 7) is 6.16. The summed E-state index contributed by atoms with van der Waals surface area (Å²) >= 11 is 1.64. The van der Waals surface area contributed by atoms with Crippen LogP contribution in [0.1, 0.15) is 16.5 Å². The molecule has 4 aromatic rings. The lowest BCUT2D eigenvalue weighted by molar-refractivity contribution is -0.137. The van der Waals surface area contributed by atoms with Gasteiger partial charge in [-0.1, -0.05) is 17.3 Å². The van der Waals surface area contributed by atoms with E-state index < -0.39 is 17.8 Å². The number of aromatic nitrogens is 3. The fourth-order valence-corrected chi connectivity index (χ4v) is 5.03.